The lowest BCUT2D eigenvalue weighted by molar-refractivity contribution is -0.208. The van der Waals surface area contributed by atoms with Crippen LogP contribution in [0.5, 0.6) is 0 Å². The maximum Gasteiger partial charge on any atom is 0.717 e. The van der Waals surface area contributed by atoms with E-state index < -0.39 is 98.3 Å². The zero-order valence-electron chi connectivity index (χ0n) is 42.8. The van der Waals surface area contributed by atoms with Crippen molar-refractivity contribution in [2.45, 2.75) is 168 Å². The van der Waals surface area contributed by atoms with Gasteiger partial charge in [-0.15, -0.1) is 0 Å². The molecule has 0 spiro atoms. The molecule has 60 heavy (non-hydrogen) atoms. The minimum absolute atomic E-state index is 0.257. The summed E-state index contributed by atoms with van der Waals surface area (Å²) in [6, 6.07) is 10.2. The van der Waals surface area contributed by atoms with Gasteiger partial charge in [0.05, 0.1) is 16.8 Å². The maximum absolute atomic E-state index is 8.22. The van der Waals surface area contributed by atoms with Crippen LogP contribution in [-0.2, 0) is 51.9 Å². The van der Waals surface area contributed by atoms with E-state index in [-0.39, 0.29) is 6.23 Å². The van der Waals surface area contributed by atoms with Gasteiger partial charge in [0, 0.05) is 0 Å². The lowest BCUT2D eigenvalue weighted by atomic mass is 10.2. The molecule has 3 unspecified atom stereocenters. The Hall–Kier alpha value is 1.14. The van der Waals surface area contributed by atoms with Crippen molar-refractivity contribution in [3.05, 3.63) is 41.3 Å². The molecule has 1 aromatic carbocycles. The third-order valence-corrected chi connectivity index (χ3v) is 39.7. The Kier molecular flexibility index (Phi) is 21.1. The van der Waals surface area contributed by atoms with Gasteiger partial charge >= 0.3 is 17.4 Å². The summed E-state index contributed by atoms with van der Waals surface area (Å²) >= 11 is 0. The maximum atomic E-state index is 8.22. The number of benzene rings is 1. The van der Waals surface area contributed by atoms with Crippen LogP contribution in [0.4, 0.5) is 0 Å². The van der Waals surface area contributed by atoms with E-state index in [4.69, 9.17) is 51.9 Å². The van der Waals surface area contributed by atoms with Crippen molar-refractivity contribution in [1.29, 1.82) is 0 Å². The predicted molar refractivity (Wildman–Crippen MR) is 285 cm³/mol. The minimum Gasteiger partial charge on any atom is -0.488 e. The van der Waals surface area contributed by atoms with Gasteiger partial charge in [0.15, 0.2) is 78.5 Å². The fourth-order valence-electron chi connectivity index (χ4n) is 7.15. The molecule has 352 valence electrons. The van der Waals surface area contributed by atoms with E-state index in [0.717, 1.165) is 5.56 Å². The quantitative estimate of drug-likeness (QED) is 0.0734. The van der Waals surface area contributed by atoms with Gasteiger partial charge in [-0.3, -0.25) is 0 Å². The first-order valence-corrected chi connectivity index (χ1v) is 48.8. The highest BCUT2D eigenvalue weighted by molar-refractivity contribution is 6.93. The molecule has 0 saturated heterocycles. The second-order valence-electron chi connectivity index (χ2n) is 22.3. The summed E-state index contributed by atoms with van der Waals surface area (Å²) in [6.07, 6.45) is 2.33. The predicted octanol–water partition coefficient (Wildman–Crippen LogP) is 4.63. The topological polar surface area (TPSA) is 111 Å². The van der Waals surface area contributed by atoms with Crippen LogP contribution >= 0.6 is 0 Å². The van der Waals surface area contributed by atoms with Gasteiger partial charge in [-0.2, -0.15) is 0 Å². The third-order valence-electron chi connectivity index (χ3n) is 9.49. The van der Waals surface area contributed by atoms with Gasteiger partial charge in [0.25, 0.3) is 13.9 Å². The Balaban J connectivity index is 4.97. The fourth-order valence-corrected chi connectivity index (χ4v) is 42.7. The molecule has 0 bridgehead atoms. The van der Waals surface area contributed by atoms with E-state index >= 15 is 0 Å². The normalized spacial score (nSPS) is 19.1. The molecule has 25 heteroatoms. The van der Waals surface area contributed by atoms with Crippen molar-refractivity contribution in [3.8, 4) is 0 Å². The van der Waals surface area contributed by atoms with E-state index in [1.165, 1.54) is 0 Å². The molecular formula is C35H88O12Si13. The average molecular weight is 1070 g/mol. The highest BCUT2D eigenvalue weighted by Gasteiger charge is 2.78. The average Bonchev–Trinajstić information content (AvgIpc) is 3.03. The number of hydrogen-bond acceptors (Lipinski definition) is 12. The third kappa shape index (κ3) is 16.8. The molecule has 0 saturated carbocycles. The van der Waals surface area contributed by atoms with Crippen molar-refractivity contribution >= 4 is 125 Å². The van der Waals surface area contributed by atoms with Crippen molar-refractivity contribution in [1.82, 2.24) is 0 Å². The summed E-state index contributed by atoms with van der Waals surface area (Å²) in [5, 5.41) is -0.963. The molecular weight excluding hydrogens is 977 g/mol. The van der Waals surface area contributed by atoms with Gasteiger partial charge in [-0.1, -0.05) is 51.1 Å². The van der Waals surface area contributed by atoms with Crippen molar-refractivity contribution in [2.75, 3.05) is 6.23 Å². The minimum atomic E-state index is -4.63. The second-order valence-corrected chi connectivity index (χ2v) is 59.8. The highest BCUT2D eigenvalue weighted by atomic mass is 28.5. The summed E-state index contributed by atoms with van der Waals surface area (Å²) in [5.41, 5.74) is -1.78. The van der Waals surface area contributed by atoms with Crippen LogP contribution in [0.3, 0.4) is 0 Å². The van der Waals surface area contributed by atoms with E-state index in [9.17, 15) is 0 Å². The molecule has 1 rings (SSSR count). The molecule has 0 aliphatic heterocycles. The van der Waals surface area contributed by atoms with Crippen LogP contribution in [-0.4, -0.2) is 141 Å². The Morgan fingerprint density at radius 3 is 1.40 bits per heavy atom. The summed E-state index contributed by atoms with van der Waals surface area (Å²) in [4.78, 5) is 0. The molecule has 0 heterocycles. The molecule has 0 radical (unpaired) electrons. The smallest absolute Gasteiger partial charge is 0.488 e. The molecule has 0 aromatic heterocycles. The zero-order valence-corrected chi connectivity index (χ0v) is 60.2. The van der Waals surface area contributed by atoms with E-state index in [0.29, 0.717) is 47.3 Å². The van der Waals surface area contributed by atoms with Crippen LogP contribution in [0, 0.1) is 0 Å². The molecule has 0 N–H and O–H groups in total. The molecule has 0 amide bonds. The SMILES string of the molecule is CC(O[Si](C)(C)C)(O[Si](C)(C)C)[Si](C)(CO[Si](C)(C)C)O[Si](OC(=Cc1ccccc1)[SiH2]O[Si](C)(C)C)(O[Si](C)(C)C)O[Si](C(C)(C)C)(C(C)(C)O[SiH3])C(O[SiH3])(O[SiH3])O[SiH3]. The van der Waals surface area contributed by atoms with Crippen LogP contribution in [0.1, 0.15) is 47.1 Å². The van der Waals surface area contributed by atoms with Crippen molar-refractivity contribution in [3.63, 3.8) is 0 Å². The first kappa shape index (κ1) is 59.2. The van der Waals surface area contributed by atoms with Gasteiger partial charge in [-0.25, -0.2) is 0 Å². The number of hydrogen-bond donors (Lipinski definition) is 0. The Bertz CT molecular complexity index is 1490. The Morgan fingerprint density at radius 1 is 0.583 bits per heavy atom. The summed E-state index contributed by atoms with van der Waals surface area (Å²) in [6.45, 7) is 47.6. The highest BCUT2D eigenvalue weighted by Crippen LogP contribution is 2.54. The monoisotopic (exact) mass is 1060 g/mol. The largest absolute Gasteiger partial charge is 0.717 e. The Labute approximate surface area is 389 Å². The molecule has 0 aliphatic rings. The lowest BCUT2D eigenvalue weighted by Crippen LogP contribution is -2.84. The molecule has 1 aromatic rings. The van der Waals surface area contributed by atoms with Crippen LogP contribution < -0.4 is 0 Å². The molecule has 0 fully saturated rings. The first-order chi connectivity index (χ1) is 26.6. The van der Waals surface area contributed by atoms with E-state index in [1.807, 2.05) is 18.2 Å². The van der Waals surface area contributed by atoms with Gasteiger partial charge < -0.3 is 51.9 Å². The van der Waals surface area contributed by atoms with E-state index in [1.54, 1.807) is 0 Å². The van der Waals surface area contributed by atoms with E-state index in [2.05, 4.69) is 165 Å². The van der Waals surface area contributed by atoms with Gasteiger partial charge in [-0.05, 0) is 142 Å². The van der Waals surface area contributed by atoms with Crippen molar-refractivity contribution in [2.24, 2.45) is 0 Å². The summed E-state index contributed by atoms with van der Waals surface area (Å²) in [5.74, 6) is 0. The summed E-state index contributed by atoms with van der Waals surface area (Å²) in [7, 11) is -24.0. The number of rotatable bonds is 26. The molecule has 3 atom stereocenters. The van der Waals surface area contributed by atoms with Gasteiger partial charge in [0.2, 0.25) is 9.76 Å². The summed E-state index contributed by atoms with van der Waals surface area (Å²) < 4.78 is 86.7. The van der Waals surface area contributed by atoms with Crippen molar-refractivity contribution < 1.29 is 51.9 Å². The Morgan fingerprint density at radius 2 is 1.05 bits per heavy atom. The lowest BCUT2D eigenvalue weighted by Gasteiger charge is -2.60. The molecule has 12 nitrogen and oxygen atoms in total. The van der Waals surface area contributed by atoms with Crippen LogP contribution in [0.25, 0.3) is 6.08 Å². The van der Waals surface area contributed by atoms with Crippen LogP contribution in [0.15, 0.2) is 35.7 Å². The fraction of sp³-hybridized carbons (Fsp3) is 0.771. The second kappa shape index (κ2) is 21.4. The zero-order chi connectivity index (χ0) is 47.3. The van der Waals surface area contributed by atoms with Crippen LogP contribution in [0.2, 0.25) is 110 Å². The first-order valence-electron chi connectivity index (χ1n) is 21.1. The molecule has 0 aliphatic carbocycles. The van der Waals surface area contributed by atoms with Gasteiger partial charge in [0.1, 0.15) is 10.5 Å². The standard InChI is InChI=1S/C35H88O12Si13/c1-32(2,3)59(33(4,5)38-48,35(39-49,40-50)41-51)47-60(45-57(19,20)21,37-31(52-44-56(16,17)18)28-30-26-24-23-25-27-30)46-58(22,29-36-53(7,8)9)34(6,42-54(10,11)12)43-55(13,14)15/h23-28H,29,52H2,1-22,48-51H3.